The molecule has 7 nitrogen and oxygen atoms in total. The molecule has 100 valence electrons. The summed E-state index contributed by atoms with van der Waals surface area (Å²) < 4.78 is 10.1. The first-order valence-electron chi connectivity index (χ1n) is 6.10. The van der Waals surface area contributed by atoms with Gasteiger partial charge in [0.25, 0.3) is 0 Å². The molecule has 0 saturated carbocycles. The fourth-order valence-corrected chi connectivity index (χ4v) is 1.80. The minimum atomic E-state index is -0.0796. The number of aryl methyl sites for hydroxylation is 1. The number of nitrogens with one attached hydrogen (secondary N) is 1. The van der Waals surface area contributed by atoms with Crippen LogP contribution in [-0.4, -0.2) is 60.3 Å². The number of aromatic nitrogens is 2. The topological polar surface area (TPSA) is 80.5 Å². The van der Waals surface area contributed by atoms with E-state index < -0.39 is 0 Å². The van der Waals surface area contributed by atoms with Gasteiger partial charge < -0.3 is 14.6 Å². The number of ether oxygens (including phenoxy) is 1. The maximum atomic E-state index is 11.6. The largest absolute Gasteiger partial charge is 0.379 e. The number of carbonyl (C=O) groups excluding carboxylic acids is 1. The molecular formula is C11H18N4O3. The van der Waals surface area contributed by atoms with Gasteiger partial charge >= 0.3 is 0 Å². The van der Waals surface area contributed by atoms with Gasteiger partial charge in [-0.1, -0.05) is 5.16 Å². The molecule has 1 fully saturated rings. The van der Waals surface area contributed by atoms with Crippen LogP contribution in [-0.2, 0) is 16.0 Å². The Balaban J connectivity index is 1.62. The molecule has 0 aromatic carbocycles. The Morgan fingerprint density at radius 1 is 1.44 bits per heavy atom. The molecule has 1 aromatic heterocycles. The third kappa shape index (κ3) is 4.08. The molecule has 0 atom stereocenters. The smallest absolute Gasteiger partial charge is 0.227 e. The van der Waals surface area contributed by atoms with Crippen molar-refractivity contribution >= 4 is 5.91 Å². The van der Waals surface area contributed by atoms with Crippen molar-refractivity contribution in [3.63, 3.8) is 0 Å². The van der Waals surface area contributed by atoms with Gasteiger partial charge in [0.05, 0.1) is 19.6 Å². The van der Waals surface area contributed by atoms with Gasteiger partial charge in [-0.2, -0.15) is 4.98 Å². The molecule has 1 aromatic rings. The van der Waals surface area contributed by atoms with Crippen molar-refractivity contribution in [1.29, 1.82) is 0 Å². The van der Waals surface area contributed by atoms with Gasteiger partial charge in [-0.25, -0.2) is 0 Å². The molecule has 18 heavy (non-hydrogen) atoms. The lowest BCUT2D eigenvalue weighted by atomic mass is 10.3. The summed E-state index contributed by atoms with van der Waals surface area (Å²) in [6, 6.07) is 0. The standard InChI is InChI=1S/C11H18N4O3/c1-9-13-10(14-18-9)8-11(16)12-2-3-15-4-6-17-7-5-15/h2-8H2,1H3,(H,12,16). The first-order valence-corrected chi connectivity index (χ1v) is 6.10. The van der Waals surface area contributed by atoms with Crippen molar-refractivity contribution in [1.82, 2.24) is 20.4 Å². The van der Waals surface area contributed by atoms with Gasteiger partial charge in [-0.15, -0.1) is 0 Å². The Labute approximate surface area is 105 Å². The van der Waals surface area contributed by atoms with Gasteiger partial charge in [-0.3, -0.25) is 9.69 Å². The highest BCUT2D eigenvalue weighted by Crippen LogP contribution is 1.97. The molecule has 1 N–H and O–H groups in total. The molecule has 2 heterocycles. The van der Waals surface area contributed by atoms with E-state index in [1.54, 1.807) is 6.92 Å². The lowest BCUT2D eigenvalue weighted by Gasteiger charge is -2.26. The van der Waals surface area contributed by atoms with E-state index in [1.807, 2.05) is 0 Å². The Bertz CT molecular complexity index is 387. The summed E-state index contributed by atoms with van der Waals surface area (Å²) >= 11 is 0. The van der Waals surface area contributed by atoms with Crippen molar-refractivity contribution in [3.8, 4) is 0 Å². The van der Waals surface area contributed by atoms with Crippen LogP contribution in [0.3, 0.4) is 0 Å². The van der Waals surface area contributed by atoms with E-state index in [-0.39, 0.29) is 12.3 Å². The first kappa shape index (κ1) is 13.0. The SMILES string of the molecule is Cc1nc(CC(=O)NCCN2CCOCC2)no1. The molecule has 1 amide bonds. The summed E-state index contributed by atoms with van der Waals surface area (Å²) in [5.74, 6) is 0.826. The third-order valence-corrected chi connectivity index (χ3v) is 2.74. The zero-order chi connectivity index (χ0) is 12.8. The molecule has 7 heteroatoms. The van der Waals surface area contributed by atoms with E-state index in [0.717, 1.165) is 32.8 Å². The average Bonchev–Trinajstić information content (AvgIpc) is 2.76. The summed E-state index contributed by atoms with van der Waals surface area (Å²) in [4.78, 5) is 17.8. The quantitative estimate of drug-likeness (QED) is 0.753. The first-order chi connectivity index (χ1) is 8.74. The zero-order valence-electron chi connectivity index (χ0n) is 10.5. The maximum absolute atomic E-state index is 11.6. The van der Waals surface area contributed by atoms with Crippen LogP contribution in [0.2, 0.25) is 0 Å². The summed E-state index contributed by atoms with van der Waals surface area (Å²) in [7, 11) is 0. The van der Waals surface area contributed by atoms with Crippen molar-refractivity contribution < 1.29 is 14.1 Å². The van der Waals surface area contributed by atoms with E-state index in [4.69, 9.17) is 9.26 Å². The second kappa shape index (κ2) is 6.46. The number of amides is 1. The Hall–Kier alpha value is -1.47. The molecule has 2 rings (SSSR count). The number of hydrogen-bond acceptors (Lipinski definition) is 6. The fourth-order valence-electron chi connectivity index (χ4n) is 1.80. The summed E-state index contributed by atoms with van der Waals surface area (Å²) in [6.07, 6.45) is 0.167. The predicted octanol–water partition coefficient (Wildman–Crippen LogP) is -0.631. The molecule has 0 unspecified atom stereocenters. The van der Waals surface area contributed by atoms with Crippen LogP contribution in [0, 0.1) is 6.92 Å². The second-order valence-electron chi connectivity index (χ2n) is 4.21. The minimum absolute atomic E-state index is 0.0796. The fraction of sp³-hybridized carbons (Fsp3) is 0.727. The molecule has 0 aliphatic carbocycles. The molecular weight excluding hydrogens is 236 g/mol. The summed E-state index contributed by atoms with van der Waals surface area (Å²) in [5, 5.41) is 6.52. The molecule has 1 aliphatic rings. The second-order valence-corrected chi connectivity index (χ2v) is 4.21. The Morgan fingerprint density at radius 2 is 2.22 bits per heavy atom. The van der Waals surface area contributed by atoms with E-state index >= 15 is 0 Å². The van der Waals surface area contributed by atoms with E-state index in [2.05, 4.69) is 20.4 Å². The van der Waals surface area contributed by atoms with Crippen LogP contribution in [0.5, 0.6) is 0 Å². The monoisotopic (exact) mass is 254 g/mol. The van der Waals surface area contributed by atoms with Crippen molar-refractivity contribution in [2.24, 2.45) is 0 Å². The number of carbonyl (C=O) groups is 1. The van der Waals surface area contributed by atoms with E-state index in [0.29, 0.717) is 18.3 Å². The van der Waals surface area contributed by atoms with Gasteiger partial charge in [0.2, 0.25) is 11.8 Å². The lowest BCUT2D eigenvalue weighted by molar-refractivity contribution is -0.120. The van der Waals surface area contributed by atoms with Gasteiger partial charge in [0.1, 0.15) is 0 Å². The average molecular weight is 254 g/mol. The number of nitrogens with zero attached hydrogens (tertiary/aromatic N) is 3. The Kier molecular flexibility index (Phi) is 4.66. The van der Waals surface area contributed by atoms with Crippen LogP contribution in [0.4, 0.5) is 0 Å². The maximum Gasteiger partial charge on any atom is 0.227 e. The third-order valence-electron chi connectivity index (χ3n) is 2.74. The number of morpholine rings is 1. The van der Waals surface area contributed by atoms with Crippen LogP contribution < -0.4 is 5.32 Å². The van der Waals surface area contributed by atoms with Crippen molar-refractivity contribution in [2.75, 3.05) is 39.4 Å². The van der Waals surface area contributed by atoms with Crippen LogP contribution in [0.15, 0.2) is 4.52 Å². The van der Waals surface area contributed by atoms with Crippen molar-refractivity contribution in [3.05, 3.63) is 11.7 Å². The lowest BCUT2D eigenvalue weighted by Crippen LogP contribution is -2.41. The highest BCUT2D eigenvalue weighted by atomic mass is 16.5. The van der Waals surface area contributed by atoms with Crippen LogP contribution in [0.25, 0.3) is 0 Å². The molecule has 1 aliphatic heterocycles. The zero-order valence-corrected chi connectivity index (χ0v) is 10.5. The molecule has 1 saturated heterocycles. The van der Waals surface area contributed by atoms with Crippen LogP contribution in [0.1, 0.15) is 11.7 Å². The molecule has 0 radical (unpaired) electrons. The minimum Gasteiger partial charge on any atom is -0.379 e. The van der Waals surface area contributed by atoms with Gasteiger partial charge in [0.15, 0.2) is 5.82 Å². The van der Waals surface area contributed by atoms with Crippen molar-refractivity contribution in [2.45, 2.75) is 13.3 Å². The number of hydrogen-bond donors (Lipinski definition) is 1. The predicted molar refractivity (Wildman–Crippen MR) is 63.0 cm³/mol. The number of rotatable bonds is 5. The highest BCUT2D eigenvalue weighted by Gasteiger charge is 2.11. The molecule has 0 spiro atoms. The summed E-state index contributed by atoms with van der Waals surface area (Å²) in [5.41, 5.74) is 0. The summed E-state index contributed by atoms with van der Waals surface area (Å²) in [6.45, 7) is 6.59. The molecule has 0 bridgehead atoms. The van der Waals surface area contributed by atoms with E-state index in [1.165, 1.54) is 0 Å². The van der Waals surface area contributed by atoms with E-state index in [9.17, 15) is 4.79 Å². The Morgan fingerprint density at radius 3 is 2.89 bits per heavy atom. The van der Waals surface area contributed by atoms with Gasteiger partial charge in [0, 0.05) is 33.1 Å². The normalized spacial score (nSPS) is 16.7. The van der Waals surface area contributed by atoms with Crippen LogP contribution >= 0.6 is 0 Å². The van der Waals surface area contributed by atoms with Gasteiger partial charge in [-0.05, 0) is 0 Å². The highest BCUT2D eigenvalue weighted by molar-refractivity contribution is 5.77.